The van der Waals surface area contributed by atoms with Crippen LogP contribution in [0.3, 0.4) is 0 Å². The molecule has 0 aliphatic heterocycles. The van der Waals surface area contributed by atoms with E-state index in [-0.39, 0.29) is 0 Å². The average Bonchev–Trinajstić information content (AvgIpc) is 2.28. The molecule has 2 aliphatic rings. The van der Waals surface area contributed by atoms with Gasteiger partial charge in [0.05, 0.1) is 0 Å². The van der Waals surface area contributed by atoms with Crippen molar-refractivity contribution < 1.29 is 0 Å². The summed E-state index contributed by atoms with van der Waals surface area (Å²) in [5.41, 5.74) is 1.84. The van der Waals surface area contributed by atoms with Gasteiger partial charge in [0, 0.05) is 5.41 Å². The van der Waals surface area contributed by atoms with Crippen molar-refractivity contribution in [2.75, 3.05) is 0 Å². The second-order valence-electron chi connectivity index (χ2n) is 3.85. The minimum atomic E-state index is 0.347. The fraction of sp³-hybridized carbons (Fsp3) is 0.455. The molecule has 0 amide bonds. The van der Waals surface area contributed by atoms with Crippen molar-refractivity contribution in [1.82, 2.24) is 0 Å². The second-order valence-corrected chi connectivity index (χ2v) is 3.85. The highest BCUT2D eigenvalue weighted by atomic mass is 14.3. The van der Waals surface area contributed by atoms with Crippen molar-refractivity contribution in [3.63, 3.8) is 0 Å². The molecule has 58 valence electrons. The van der Waals surface area contributed by atoms with E-state index in [4.69, 9.17) is 0 Å². The fourth-order valence-corrected chi connectivity index (χ4v) is 1.64. The number of allylic oxidation sites excluding steroid dienone is 6. The zero-order valence-electron chi connectivity index (χ0n) is 7.17. The zero-order valence-corrected chi connectivity index (χ0v) is 7.17. The molecule has 0 nitrogen and oxygen atoms in total. The van der Waals surface area contributed by atoms with E-state index < -0.39 is 0 Å². The summed E-state index contributed by atoms with van der Waals surface area (Å²) in [7, 11) is 0. The Morgan fingerprint density at radius 2 is 2.09 bits per heavy atom. The van der Waals surface area contributed by atoms with E-state index in [9.17, 15) is 0 Å². The molecule has 0 bridgehead atoms. The SMILES string of the molecule is CC(C)C1=CC2(C=CC2)C=C1. The number of rotatable bonds is 1. The molecule has 1 unspecified atom stereocenters. The first-order chi connectivity index (χ1) is 5.22. The highest BCUT2D eigenvalue weighted by Gasteiger charge is 2.29. The topological polar surface area (TPSA) is 0 Å². The normalized spacial score (nSPS) is 33.2. The van der Waals surface area contributed by atoms with Gasteiger partial charge in [0.1, 0.15) is 0 Å². The molecule has 1 atom stereocenters. The first-order valence-corrected chi connectivity index (χ1v) is 4.32. The van der Waals surface area contributed by atoms with Gasteiger partial charge in [-0.05, 0) is 17.9 Å². The van der Waals surface area contributed by atoms with Crippen molar-refractivity contribution in [2.24, 2.45) is 11.3 Å². The minimum absolute atomic E-state index is 0.347. The Kier molecular flexibility index (Phi) is 1.32. The molecule has 2 rings (SSSR count). The molecule has 0 aromatic carbocycles. The van der Waals surface area contributed by atoms with Gasteiger partial charge in [-0.25, -0.2) is 0 Å². The first kappa shape index (κ1) is 6.90. The first-order valence-electron chi connectivity index (χ1n) is 4.32. The van der Waals surface area contributed by atoms with Crippen molar-refractivity contribution in [1.29, 1.82) is 0 Å². The Labute approximate surface area is 68.3 Å². The van der Waals surface area contributed by atoms with E-state index in [1.807, 2.05) is 0 Å². The van der Waals surface area contributed by atoms with Crippen molar-refractivity contribution >= 4 is 0 Å². The van der Waals surface area contributed by atoms with Crippen LogP contribution < -0.4 is 0 Å². The molecular formula is C11H14. The van der Waals surface area contributed by atoms with Gasteiger partial charge in [0.15, 0.2) is 0 Å². The van der Waals surface area contributed by atoms with E-state index in [0.29, 0.717) is 11.3 Å². The van der Waals surface area contributed by atoms with Crippen molar-refractivity contribution in [2.45, 2.75) is 20.3 Å². The van der Waals surface area contributed by atoms with E-state index in [1.165, 1.54) is 12.0 Å². The highest BCUT2D eigenvalue weighted by Crippen LogP contribution is 2.42. The van der Waals surface area contributed by atoms with Crippen molar-refractivity contribution in [3.05, 3.63) is 36.0 Å². The number of hydrogen-bond donors (Lipinski definition) is 0. The van der Waals surface area contributed by atoms with Crippen LogP contribution in [0.5, 0.6) is 0 Å². The van der Waals surface area contributed by atoms with Crippen LogP contribution in [0.1, 0.15) is 20.3 Å². The molecule has 0 aromatic rings. The van der Waals surface area contributed by atoms with Crippen LogP contribution in [0, 0.1) is 11.3 Å². The second kappa shape index (κ2) is 2.10. The Bertz CT molecular complexity index is 253. The third-order valence-electron chi connectivity index (χ3n) is 2.59. The van der Waals surface area contributed by atoms with Gasteiger partial charge in [-0.1, -0.05) is 44.2 Å². The van der Waals surface area contributed by atoms with Crippen LogP contribution in [0.25, 0.3) is 0 Å². The highest BCUT2D eigenvalue weighted by molar-refractivity contribution is 5.42. The molecule has 0 aromatic heterocycles. The van der Waals surface area contributed by atoms with E-state index in [2.05, 4.69) is 44.2 Å². The Balaban J connectivity index is 2.24. The van der Waals surface area contributed by atoms with Crippen LogP contribution in [0.4, 0.5) is 0 Å². The summed E-state index contributed by atoms with van der Waals surface area (Å²) in [5.74, 6) is 0.680. The van der Waals surface area contributed by atoms with Crippen molar-refractivity contribution in [3.8, 4) is 0 Å². The molecule has 0 saturated carbocycles. The van der Waals surface area contributed by atoms with E-state index >= 15 is 0 Å². The van der Waals surface area contributed by atoms with Crippen LogP contribution in [-0.4, -0.2) is 0 Å². The summed E-state index contributed by atoms with van der Waals surface area (Å²) in [6.45, 7) is 4.50. The molecule has 0 saturated heterocycles. The van der Waals surface area contributed by atoms with Gasteiger partial charge in [-0.15, -0.1) is 0 Å². The lowest BCUT2D eigenvalue weighted by atomic mass is 9.77. The molecular weight excluding hydrogens is 132 g/mol. The lowest BCUT2D eigenvalue weighted by Crippen LogP contribution is -2.15. The molecule has 0 heterocycles. The zero-order chi connectivity index (χ0) is 7.90. The maximum absolute atomic E-state index is 2.40. The Morgan fingerprint density at radius 3 is 2.36 bits per heavy atom. The minimum Gasteiger partial charge on any atom is -0.0859 e. The predicted octanol–water partition coefficient (Wildman–Crippen LogP) is 3.08. The largest absolute Gasteiger partial charge is 0.0859 e. The van der Waals surface area contributed by atoms with Gasteiger partial charge < -0.3 is 0 Å². The quantitative estimate of drug-likeness (QED) is 0.499. The lowest BCUT2D eigenvalue weighted by molar-refractivity contribution is 0.586. The van der Waals surface area contributed by atoms with Gasteiger partial charge in [-0.3, -0.25) is 0 Å². The maximum atomic E-state index is 2.40. The van der Waals surface area contributed by atoms with E-state index in [1.54, 1.807) is 0 Å². The third-order valence-corrected chi connectivity index (χ3v) is 2.59. The van der Waals surface area contributed by atoms with Crippen LogP contribution in [-0.2, 0) is 0 Å². The monoisotopic (exact) mass is 146 g/mol. The van der Waals surface area contributed by atoms with Gasteiger partial charge >= 0.3 is 0 Å². The Morgan fingerprint density at radius 1 is 1.36 bits per heavy atom. The molecule has 11 heavy (non-hydrogen) atoms. The van der Waals surface area contributed by atoms with Gasteiger partial charge in [-0.2, -0.15) is 0 Å². The fourth-order valence-electron chi connectivity index (χ4n) is 1.64. The van der Waals surface area contributed by atoms with E-state index in [0.717, 1.165) is 0 Å². The third kappa shape index (κ3) is 0.973. The van der Waals surface area contributed by atoms with Gasteiger partial charge in [0.2, 0.25) is 0 Å². The molecule has 0 N–H and O–H groups in total. The summed E-state index contributed by atoms with van der Waals surface area (Å²) in [6.07, 6.45) is 12.7. The smallest absolute Gasteiger partial charge is 0.0285 e. The molecule has 2 aliphatic carbocycles. The number of hydrogen-bond acceptors (Lipinski definition) is 0. The Hall–Kier alpha value is -0.780. The molecule has 0 radical (unpaired) electrons. The average molecular weight is 146 g/mol. The summed E-state index contributed by atoms with van der Waals surface area (Å²) in [6, 6.07) is 0. The van der Waals surface area contributed by atoms with Gasteiger partial charge in [0.25, 0.3) is 0 Å². The van der Waals surface area contributed by atoms with Crippen LogP contribution in [0.2, 0.25) is 0 Å². The molecule has 1 spiro atoms. The maximum Gasteiger partial charge on any atom is 0.0285 e. The van der Waals surface area contributed by atoms with Crippen LogP contribution >= 0.6 is 0 Å². The molecule has 0 fully saturated rings. The summed E-state index contributed by atoms with van der Waals surface area (Å²) in [4.78, 5) is 0. The standard InChI is InChI=1S/C11H14/c1-9(2)10-4-7-11(8-10)5-3-6-11/h3-5,7-9H,6H2,1-2H3. The molecule has 0 heteroatoms. The van der Waals surface area contributed by atoms with Crippen LogP contribution in [0.15, 0.2) is 36.0 Å². The summed E-state index contributed by atoms with van der Waals surface area (Å²) in [5, 5.41) is 0. The lowest BCUT2D eigenvalue weighted by Gasteiger charge is -2.26. The summed E-state index contributed by atoms with van der Waals surface area (Å²) >= 11 is 0. The summed E-state index contributed by atoms with van der Waals surface area (Å²) < 4.78 is 0. The predicted molar refractivity (Wildman–Crippen MR) is 48.3 cm³/mol.